The van der Waals surface area contributed by atoms with E-state index in [9.17, 15) is 8.78 Å². The van der Waals surface area contributed by atoms with Gasteiger partial charge in [-0.2, -0.15) is 0 Å². The third-order valence-corrected chi connectivity index (χ3v) is 1.72. The molecule has 6 heteroatoms. The van der Waals surface area contributed by atoms with Crippen LogP contribution >= 0.6 is 0 Å². The van der Waals surface area contributed by atoms with E-state index in [4.69, 9.17) is 16.2 Å². The smallest absolute Gasteiger partial charge is 0.272 e. The van der Waals surface area contributed by atoms with Crippen LogP contribution in [0.15, 0.2) is 29.3 Å². The third kappa shape index (κ3) is 4.59. The molecular weight excluding hydrogens is 216 g/mol. The molecule has 0 aromatic heterocycles. The molecule has 0 radical (unpaired) electrons. The predicted octanol–water partition coefficient (Wildman–Crippen LogP) is 1.10. The second-order valence-electron chi connectivity index (χ2n) is 3.09. The van der Waals surface area contributed by atoms with Gasteiger partial charge in [-0.25, -0.2) is 13.8 Å². The maximum absolute atomic E-state index is 11.9. The lowest BCUT2D eigenvalue weighted by molar-refractivity contribution is 0.0818. The largest absolute Gasteiger partial charge is 0.488 e. The highest BCUT2D eigenvalue weighted by Gasteiger charge is 2.03. The molecule has 0 spiro atoms. The Bertz CT molecular complexity index is 365. The normalized spacial score (nSPS) is 10.2. The fourth-order valence-corrected chi connectivity index (χ4v) is 1.08. The van der Waals surface area contributed by atoms with Crippen molar-refractivity contribution in [3.05, 3.63) is 29.8 Å². The molecule has 0 heterocycles. The van der Waals surface area contributed by atoms with Crippen molar-refractivity contribution in [2.45, 2.75) is 13.0 Å². The van der Waals surface area contributed by atoms with Crippen LogP contribution in [0.4, 0.5) is 8.78 Å². The minimum Gasteiger partial charge on any atom is -0.488 e. The summed E-state index contributed by atoms with van der Waals surface area (Å²) in [5.41, 5.74) is 11.1. The summed E-state index contributed by atoms with van der Waals surface area (Å²) >= 11 is 0. The first-order valence-electron chi connectivity index (χ1n) is 4.63. The number of hydrogen-bond donors (Lipinski definition) is 2. The van der Waals surface area contributed by atoms with Gasteiger partial charge in [0.1, 0.15) is 12.4 Å². The van der Waals surface area contributed by atoms with E-state index in [0.717, 1.165) is 5.56 Å². The van der Waals surface area contributed by atoms with Crippen LogP contribution in [0.2, 0.25) is 0 Å². The fraction of sp³-hybridized carbons (Fsp3) is 0.300. The standard InChI is InChI=1S/C10H13F2N3O/c11-9(12)6-16-8-3-1-2-7(4-8)5-15-10(13)14/h1-4,9H,5-6H2,(H4,13,14,15). The van der Waals surface area contributed by atoms with Crippen molar-refractivity contribution in [3.63, 3.8) is 0 Å². The van der Waals surface area contributed by atoms with Gasteiger partial charge in [0.15, 0.2) is 5.96 Å². The Morgan fingerprint density at radius 3 is 2.75 bits per heavy atom. The number of halogens is 2. The van der Waals surface area contributed by atoms with E-state index in [1.165, 1.54) is 0 Å². The lowest BCUT2D eigenvalue weighted by Gasteiger charge is -2.06. The molecule has 1 aromatic rings. The Hall–Kier alpha value is -1.85. The van der Waals surface area contributed by atoms with Crippen molar-refractivity contribution in [3.8, 4) is 5.75 Å². The molecule has 1 rings (SSSR count). The lowest BCUT2D eigenvalue weighted by atomic mass is 10.2. The maximum Gasteiger partial charge on any atom is 0.272 e. The van der Waals surface area contributed by atoms with Gasteiger partial charge in [0.05, 0.1) is 6.54 Å². The highest BCUT2D eigenvalue weighted by atomic mass is 19.3. The molecule has 0 aliphatic rings. The monoisotopic (exact) mass is 229 g/mol. The van der Waals surface area contributed by atoms with Crippen LogP contribution in [-0.4, -0.2) is 19.0 Å². The average molecular weight is 229 g/mol. The van der Waals surface area contributed by atoms with Gasteiger partial charge in [0.25, 0.3) is 6.43 Å². The van der Waals surface area contributed by atoms with Crippen molar-refractivity contribution in [1.82, 2.24) is 0 Å². The summed E-state index contributed by atoms with van der Waals surface area (Å²) in [6.45, 7) is -0.319. The average Bonchev–Trinajstić information content (AvgIpc) is 2.24. The molecule has 88 valence electrons. The molecule has 0 bridgehead atoms. The minimum atomic E-state index is -2.48. The minimum absolute atomic E-state index is 0.0149. The van der Waals surface area contributed by atoms with Gasteiger partial charge in [-0.1, -0.05) is 12.1 Å². The Labute approximate surface area is 91.9 Å². The van der Waals surface area contributed by atoms with Crippen molar-refractivity contribution >= 4 is 5.96 Å². The first-order chi connectivity index (χ1) is 7.58. The van der Waals surface area contributed by atoms with Crippen molar-refractivity contribution < 1.29 is 13.5 Å². The van der Waals surface area contributed by atoms with Crippen molar-refractivity contribution in [2.24, 2.45) is 16.5 Å². The van der Waals surface area contributed by atoms with Gasteiger partial charge in [-0.15, -0.1) is 0 Å². The van der Waals surface area contributed by atoms with E-state index in [0.29, 0.717) is 12.3 Å². The number of benzene rings is 1. The highest BCUT2D eigenvalue weighted by molar-refractivity contribution is 5.75. The molecule has 0 saturated heterocycles. The van der Waals surface area contributed by atoms with E-state index in [2.05, 4.69) is 4.99 Å². The number of guanidine groups is 1. The molecule has 0 aliphatic heterocycles. The lowest BCUT2D eigenvalue weighted by Crippen LogP contribution is -2.22. The summed E-state index contributed by atoms with van der Waals surface area (Å²) in [4.78, 5) is 3.80. The third-order valence-electron chi connectivity index (χ3n) is 1.72. The molecule has 4 nitrogen and oxygen atoms in total. The quantitative estimate of drug-likeness (QED) is 0.586. The SMILES string of the molecule is NC(N)=NCc1cccc(OCC(F)F)c1. The summed E-state index contributed by atoms with van der Waals surface area (Å²) < 4.78 is 28.6. The summed E-state index contributed by atoms with van der Waals surface area (Å²) in [6.07, 6.45) is -2.48. The van der Waals surface area contributed by atoms with Crippen LogP contribution < -0.4 is 16.2 Å². The zero-order valence-electron chi connectivity index (χ0n) is 8.57. The van der Waals surface area contributed by atoms with Gasteiger partial charge in [-0.3, -0.25) is 0 Å². The first-order valence-corrected chi connectivity index (χ1v) is 4.63. The van der Waals surface area contributed by atoms with Crippen molar-refractivity contribution in [2.75, 3.05) is 6.61 Å². The van der Waals surface area contributed by atoms with E-state index < -0.39 is 13.0 Å². The number of alkyl halides is 2. The van der Waals surface area contributed by atoms with E-state index >= 15 is 0 Å². The van der Waals surface area contributed by atoms with Crippen LogP contribution in [0.3, 0.4) is 0 Å². The Kier molecular flexibility index (Phi) is 4.50. The van der Waals surface area contributed by atoms with Gasteiger partial charge in [0.2, 0.25) is 0 Å². The molecule has 0 fully saturated rings. The number of nitrogens with two attached hydrogens (primary N) is 2. The first kappa shape index (κ1) is 12.2. The summed E-state index contributed by atoms with van der Waals surface area (Å²) in [5.74, 6) is 0.363. The van der Waals surface area contributed by atoms with Crippen molar-refractivity contribution in [1.29, 1.82) is 0 Å². The van der Waals surface area contributed by atoms with Crippen LogP contribution in [0, 0.1) is 0 Å². The molecular formula is C10H13F2N3O. The maximum atomic E-state index is 11.9. The number of ether oxygens (including phenoxy) is 1. The second kappa shape index (κ2) is 5.89. The van der Waals surface area contributed by atoms with E-state index in [1.54, 1.807) is 24.3 Å². The molecule has 0 amide bonds. The van der Waals surface area contributed by atoms with Gasteiger partial charge >= 0.3 is 0 Å². The molecule has 0 unspecified atom stereocenters. The summed E-state index contributed by atoms with van der Waals surface area (Å²) in [6, 6.07) is 6.69. The van der Waals surface area contributed by atoms with Crippen LogP contribution in [0.25, 0.3) is 0 Å². The Morgan fingerprint density at radius 1 is 1.38 bits per heavy atom. The molecule has 1 aromatic carbocycles. The molecule has 0 atom stereocenters. The van der Waals surface area contributed by atoms with Gasteiger partial charge < -0.3 is 16.2 Å². The summed E-state index contributed by atoms with van der Waals surface area (Å²) in [7, 11) is 0. The summed E-state index contributed by atoms with van der Waals surface area (Å²) in [5, 5.41) is 0. The number of aliphatic imine (C=N–C) groups is 1. The van der Waals surface area contributed by atoms with Crippen LogP contribution in [0.5, 0.6) is 5.75 Å². The van der Waals surface area contributed by atoms with E-state index in [1.807, 2.05) is 0 Å². The highest BCUT2D eigenvalue weighted by Crippen LogP contribution is 2.14. The second-order valence-corrected chi connectivity index (χ2v) is 3.09. The van der Waals surface area contributed by atoms with Gasteiger partial charge in [-0.05, 0) is 17.7 Å². The molecule has 4 N–H and O–H groups in total. The molecule has 0 aliphatic carbocycles. The van der Waals surface area contributed by atoms with E-state index in [-0.39, 0.29) is 5.96 Å². The Morgan fingerprint density at radius 2 is 2.12 bits per heavy atom. The zero-order valence-corrected chi connectivity index (χ0v) is 8.57. The molecule has 16 heavy (non-hydrogen) atoms. The van der Waals surface area contributed by atoms with Crippen LogP contribution in [0.1, 0.15) is 5.56 Å². The van der Waals surface area contributed by atoms with Crippen LogP contribution in [-0.2, 0) is 6.54 Å². The number of rotatable bonds is 5. The fourth-order valence-electron chi connectivity index (χ4n) is 1.08. The zero-order chi connectivity index (χ0) is 12.0. The number of hydrogen-bond acceptors (Lipinski definition) is 2. The van der Waals surface area contributed by atoms with Gasteiger partial charge in [0, 0.05) is 0 Å². The topological polar surface area (TPSA) is 73.6 Å². The predicted molar refractivity (Wildman–Crippen MR) is 57.5 cm³/mol. The molecule has 0 saturated carbocycles. The Balaban J connectivity index is 2.60. The number of nitrogens with zero attached hydrogens (tertiary/aromatic N) is 1.